The fourth-order valence-corrected chi connectivity index (χ4v) is 3.25. The standard InChI is InChI=1S/C22H16F2N4O4/c1-3-32-22(31)14-11-13-18(25-17-6-4-5-9-28(17)21(13)30)27(2)19(14)26-20(29)12-7-8-15(23)16(24)10-12/h4-11H,3H2,1-2H3. The van der Waals surface area contributed by atoms with Gasteiger partial charge in [0.15, 0.2) is 17.1 Å². The van der Waals surface area contributed by atoms with Gasteiger partial charge in [-0.05, 0) is 43.3 Å². The Hall–Kier alpha value is -4.21. The molecule has 0 bridgehead atoms. The van der Waals surface area contributed by atoms with Crippen molar-refractivity contribution in [3.8, 4) is 0 Å². The number of esters is 1. The smallest absolute Gasteiger partial charge is 0.341 e. The first-order valence-electron chi connectivity index (χ1n) is 9.54. The normalized spacial score (nSPS) is 11.8. The molecule has 3 heterocycles. The average molecular weight is 438 g/mol. The lowest BCUT2D eigenvalue weighted by Crippen LogP contribution is -2.31. The van der Waals surface area contributed by atoms with Gasteiger partial charge in [-0.3, -0.25) is 14.0 Å². The second kappa shape index (κ2) is 8.14. The Labute approximate surface area is 179 Å². The highest BCUT2D eigenvalue weighted by Gasteiger charge is 2.19. The summed E-state index contributed by atoms with van der Waals surface area (Å²) in [5.41, 5.74) is -0.408. The van der Waals surface area contributed by atoms with Gasteiger partial charge >= 0.3 is 5.97 Å². The first-order valence-corrected chi connectivity index (χ1v) is 9.54. The monoisotopic (exact) mass is 438 g/mol. The zero-order valence-electron chi connectivity index (χ0n) is 17.0. The zero-order valence-corrected chi connectivity index (χ0v) is 17.0. The number of hydrogen-bond donors (Lipinski definition) is 0. The first-order chi connectivity index (χ1) is 15.3. The van der Waals surface area contributed by atoms with Crippen LogP contribution in [-0.4, -0.2) is 32.4 Å². The van der Waals surface area contributed by atoms with Crippen molar-refractivity contribution in [2.75, 3.05) is 6.61 Å². The Morgan fingerprint density at radius 3 is 2.62 bits per heavy atom. The van der Waals surface area contributed by atoms with Gasteiger partial charge in [-0.1, -0.05) is 6.07 Å². The van der Waals surface area contributed by atoms with Crippen molar-refractivity contribution < 1.29 is 23.1 Å². The van der Waals surface area contributed by atoms with Crippen LogP contribution >= 0.6 is 0 Å². The van der Waals surface area contributed by atoms with Crippen LogP contribution in [0.3, 0.4) is 0 Å². The van der Waals surface area contributed by atoms with Gasteiger partial charge in [-0.25, -0.2) is 18.6 Å². The number of pyridine rings is 2. The number of nitrogens with zero attached hydrogens (tertiary/aromatic N) is 4. The van der Waals surface area contributed by atoms with Crippen molar-refractivity contribution in [2.24, 2.45) is 12.0 Å². The van der Waals surface area contributed by atoms with Crippen molar-refractivity contribution in [3.05, 3.63) is 87.3 Å². The molecule has 1 aromatic carbocycles. The Kier molecular flexibility index (Phi) is 5.35. The summed E-state index contributed by atoms with van der Waals surface area (Å²) in [5, 5.41) is 0.110. The number of aromatic nitrogens is 3. The molecule has 0 N–H and O–H groups in total. The van der Waals surface area contributed by atoms with E-state index in [1.807, 2.05) is 0 Å². The highest BCUT2D eigenvalue weighted by molar-refractivity contribution is 5.97. The molecular weight excluding hydrogens is 422 g/mol. The number of aryl methyl sites for hydroxylation is 1. The van der Waals surface area contributed by atoms with Crippen LogP contribution in [0.1, 0.15) is 27.6 Å². The summed E-state index contributed by atoms with van der Waals surface area (Å²) in [6, 6.07) is 8.86. The van der Waals surface area contributed by atoms with Gasteiger partial charge < -0.3 is 9.30 Å². The number of rotatable bonds is 3. The second-order valence-corrected chi connectivity index (χ2v) is 6.79. The molecular formula is C22H16F2N4O4. The lowest BCUT2D eigenvalue weighted by atomic mass is 10.2. The molecule has 32 heavy (non-hydrogen) atoms. The van der Waals surface area contributed by atoms with Crippen LogP contribution in [0.5, 0.6) is 0 Å². The minimum atomic E-state index is -1.21. The van der Waals surface area contributed by atoms with E-state index in [1.165, 1.54) is 22.1 Å². The highest BCUT2D eigenvalue weighted by Crippen LogP contribution is 2.12. The van der Waals surface area contributed by atoms with Crippen LogP contribution in [-0.2, 0) is 11.8 Å². The predicted octanol–water partition coefficient (Wildman–Crippen LogP) is 2.38. The molecule has 0 aliphatic carbocycles. The maximum absolute atomic E-state index is 13.6. The van der Waals surface area contributed by atoms with Gasteiger partial charge in [0.1, 0.15) is 16.9 Å². The molecule has 0 saturated heterocycles. The predicted molar refractivity (Wildman–Crippen MR) is 110 cm³/mol. The number of benzene rings is 1. The molecule has 0 atom stereocenters. The lowest BCUT2D eigenvalue weighted by molar-refractivity contribution is 0.0523. The Morgan fingerprint density at radius 2 is 1.91 bits per heavy atom. The molecule has 0 aliphatic heterocycles. The van der Waals surface area contributed by atoms with Crippen molar-refractivity contribution >= 4 is 28.6 Å². The van der Waals surface area contributed by atoms with E-state index >= 15 is 0 Å². The summed E-state index contributed by atoms with van der Waals surface area (Å²) in [5.74, 6) is -4.04. The van der Waals surface area contributed by atoms with Gasteiger partial charge in [0, 0.05) is 18.8 Å². The third-order valence-corrected chi connectivity index (χ3v) is 4.78. The molecule has 0 radical (unpaired) electrons. The number of carbonyl (C=O) groups excluding carboxylic acids is 2. The molecule has 0 aliphatic rings. The van der Waals surface area contributed by atoms with Crippen molar-refractivity contribution in [3.63, 3.8) is 0 Å². The van der Waals surface area contributed by atoms with E-state index in [1.54, 1.807) is 31.3 Å². The quantitative estimate of drug-likeness (QED) is 0.362. The summed E-state index contributed by atoms with van der Waals surface area (Å²) in [6.45, 7) is 1.65. The molecule has 0 unspecified atom stereocenters. The van der Waals surface area contributed by atoms with Crippen molar-refractivity contribution in [1.29, 1.82) is 0 Å². The van der Waals surface area contributed by atoms with Crippen molar-refractivity contribution in [1.82, 2.24) is 14.0 Å². The molecule has 8 nitrogen and oxygen atoms in total. The fourth-order valence-electron chi connectivity index (χ4n) is 3.25. The number of amides is 1. The largest absolute Gasteiger partial charge is 0.462 e. The topological polar surface area (TPSA) is 95.0 Å². The summed E-state index contributed by atoms with van der Waals surface area (Å²) in [4.78, 5) is 46.6. The van der Waals surface area contributed by atoms with Gasteiger partial charge in [0.2, 0.25) is 0 Å². The minimum Gasteiger partial charge on any atom is -0.462 e. The van der Waals surface area contributed by atoms with Gasteiger partial charge in [-0.2, -0.15) is 4.99 Å². The number of hydrogen-bond acceptors (Lipinski definition) is 5. The van der Waals surface area contributed by atoms with Crippen LogP contribution in [0.2, 0.25) is 0 Å². The number of carbonyl (C=O) groups is 2. The maximum atomic E-state index is 13.6. The average Bonchev–Trinajstić information content (AvgIpc) is 2.78. The summed E-state index contributed by atoms with van der Waals surface area (Å²) in [6.07, 6.45) is 1.54. The maximum Gasteiger partial charge on any atom is 0.341 e. The molecule has 162 valence electrons. The van der Waals surface area contributed by atoms with Gasteiger partial charge in [-0.15, -0.1) is 0 Å². The molecule has 4 rings (SSSR count). The third-order valence-electron chi connectivity index (χ3n) is 4.78. The molecule has 0 spiro atoms. The first kappa shape index (κ1) is 21.0. The lowest BCUT2D eigenvalue weighted by Gasteiger charge is -2.11. The Bertz CT molecular complexity index is 1540. The summed E-state index contributed by atoms with van der Waals surface area (Å²) >= 11 is 0. The minimum absolute atomic E-state index is 0.0477. The fraction of sp³-hybridized carbons (Fsp3) is 0.136. The van der Waals surface area contributed by atoms with Crippen LogP contribution < -0.4 is 11.0 Å². The van der Waals surface area contributed by atoms with E-state index in [9.17, 15) is 23.2 Å². The SMILES string of the molecule is CCOC(=O)c1cc2c(=O)n3ccccc3nc2n(C)c1=NC(=O)c1ccc(F)c(F)c1. The number of ether oxygens (including phenoxy) is 1. The van der Waals surface area contributed by atoms with Gasteiger partial charge in [0.25, 0.3) is 11.5 Å². The Balaban J connectivity index is 2.05. The van der Waals surface area contributed by atoms with Crippen LogP contribution in [0.25, 0.3) is 16.7 Å². The summed E-state index contributed by atoms with van der Waals surface area (Å²) < 4.78 is 34.5. The number of halogens is 2. The van der Waals surface area contributed by atoms with E-state index in [2.05, 4.69) is 9.98 Å². The van der Waals surface area contributed by atoms with Crippen molar-refractivity contribution in [2.45, 2.75) is 6.92 Å². The second-order valence-electron chi connectivity index (χ2n) is 6.79. The molecule has 10 heteroatoms. The van der Waals surface area contributed by atoms with Gasteiger partial charge in [0.05, 0.1) is 12.0 Å². The third kappa shape index (κ3) is 3.55. The molecule has 3 aromatic heterocycles. The summed E-state index contributed by atoms with van der Waals surface area (Å²) in [7, 11) is 1.48. The van der Waals surface area contributed by atoms with E-state index in [-0.39, 0.29) is 34.3 Å². The van der Waals surface area contributed by atoms with E-state index in [4.69, 9.17) is 4.74 Å². The van der Waals surface area contributed by atoms with E-state index in [0.29, 0.717) is 11.7 Å². The van der Waals surface area contributed by atoms with Crippen LogP contribution in [0.4, 0.5) is 8.78 Å². The highest BCUT2D eigenvalue weighted by atomic mass is 19.2. The van der Waals surface area contributed by atoms with Crippen LogP contribution in [0, 0.1) is 11.6 Å². The molecule has 0 saturated carbocycles. The van der Waals surface area contributed by atoms with E-state index in [0.717, 1.165) is 12.1 Å². The number of fused-ring (bicyclic) bond motifs is 2. The molecule has 1 amide bonds. The van der Waals surface area contributed by atoms with Crippen LogP contribution in [0.15, 0.2) is 58.4 Å². The molecule has 0 fully saturated rings. The van der Waals surface area contributed by atoms with E-state index < -0.39 is 29.1 Å². The zero-order chi connectivity index (χ0) is 23.0. The molecule has 4 aromatic rings. The Morgan fingerprint density at radius 1 is 1.12 bits per heavy atom.